The van der Waals surface area contributed by atoms with Crippen LogP contribution in [0, 0.1) is 11.3 Å². The van der Waals surface area contributed by atoms with Crippen molar-refractivity contribution < 1.29 is 9.53 Å². The van der Waals surface area contributed by atoms with Gasteiger partial charge in [0.15, 0.2) is 0 Å². The topological polar surface area (TPSA) is 50.1 Å². The van der Waals surface area contributed by atoms with Crippen molar-refractivity contribution in [2.75, 3.05) is 0 Å². The molecule has 3 heteroatoms. The molecule has 0 N–H and O–H groups in total. The smallest absolute Gasteiger partial charge is 0.302 e. The molecule has 1 aromatic carbocycles. The summed E-state index contributed by atoms with van der Waals surface area (Å²) >= 11 is 0. The lowest BCUT2D eigenvalue weighted by Crippen LogP contribution is -2.15. The summed E-state index contributed by atoms with van der Waals surface area (Å²) in [6.45, 7) is 3.18. The van der Waals surface area contributed by atoms with Crippen molar-refractivity contribution in [3.63, 3.8) is 0 Å². The number of rotatable bonds is 4. The van der Waals surface area contributed by atoms with E-state index in [0.29, 0.717) is 6.42 Å². The first-order valence-corrected chi connectivity index (χ1v) is 5.25. The first-order chi connectivity index (χ1) is 7.63. The molecule has 0 bridgehead atoms. The van der Waals surface area contributed by atoms with E-state index < -0.39 is 0 Å². The van der Waals surface area contributed by atoms with E-state index in [4.69, 9.17) is 10.00 Å². The monoisotopic (exact) mass is 217 g/mol. The zero-order valence-corrected chi connectivity index (χ0v) is 9.51. The number of carbonyl (C=O) groups is 1. The van der Waals surface area contributed by atoms with E-state index in [9.17, 15) is 4.79 Å². The highest BCUT2D eigenvalue weighted by molar-refractivity contribution is 5.66. The van der Waals surface area contributed by atoms with Gasteiger partial charge in [-0.1, -0.05) is 30.3 Å². The van der Waals surface area contributed by atoms with Crippen LogP contribution in [0.25, 0.3) is 0 Å². The fourth-order valence-corrected chi connectivity index (χ4v) is 1.61. The first kappa shape index (κ1) is 12.3. The number of ether oxygens (including phenoxy) is 1. The van der Waals surface area contributed by atoms with Crippen molar-refractivity contribution in [1.82, 2.24) is 0 Å². The second kappa shape index (κ2) is 5.92. The number of nitrogens with zero attached hydrogens (tertiary/aromatic N) is 1. The van der Waals surface area contributed by atoms with Crippen LogP contribution in [-0.2, 0) is 9.53 Å². The predicted molar refractivity (Wildman–Crippen MR) is 60.6 cm³/mol. The highest BCUT2D eigenvalue weighted by Crippen LogP contribution is 2.21. The summed E-state index contributed by atoms with van der Waals surface area (Å²) in [5.41, 5.74) is 0.962. The van der Waals surface area contributed by atoms with Crippen LogP contribution < -0.4 is 0 Å². The van der Waals surface area contributed by atoms with Crippen molar-refractivity contribution in [3.05, 3.63) is 35.9 Å². The van der Waals surface area contributed by atoms with Crippen molar-refractivity contribution in [2.45, 2.75) is 32.3 Å². The summed E-state index contributed by atoms with van der Waals surface area (Å²) < 4.78 is 5.01. The SMILES string of the molecule is CC(=O)OC(C)CC(C#N)c1ccccc1. The molecule has 1 rings (SSSR count). The Hall–Kier alpha value is -1.82. The third kappa shape index (κ3) is 3.74. The molecule has 0 aromatic heterocycles. The van der Waals surface area contributed by atoms with E-state index in [1.165, 1.54) is 6.92 Å². The van der Waals surface area contributed by atoms with Gasteiger partial charge < -0.3 is 4.74 Å². The molecule has 2 atom stereocenters. The van der Waals surface area contributed by atoms with Gasteiger partial charge in [0.1, 0.15) is 6.10 Å². The molecule has 0 aliphatic carbocycles. The van der Waals surface area contributed by atoms with Crippen LogP contribution in [0.1, 0.15) is 31.7 Å². The Balaban J connectivity index is 2.64. The summed E-state index contributed by atoms with van der Waals surface area (Å²) in [5, 5.41) is 9.07. The van der Waals surface area contributed by atoms with E-state index in [2.05, 4.69) is 6.07 Å². The number of carbonyl (C=O) groups excluding carboxylic acids is 1. The quantitative estimate of drug-likeness (QED) is 0.728. The molecule has 0 heterocycles. The molecule has 0 saturated carbocycles. The molecule has 1 aromatic rings. The van der Waals surface area contributed by atoms with Crippen LogP contribution in [0.5, 0.6) is 0 Å². The average molecular weight is 217 g/mol. The average Bonchev–Trinajstić information content (AvgIpc) is 2.26. The Morgan fingerprint density at radius 1 is 1.44 bits per heavy atom. The molecule has 0 saturated heterocycles. The van der Waals surface area contributed by atoms with Gasteiger partial charge >= 0.3 is 5.97 Å². The van der Waals surface area contributed by atoms with Crippen LogP contribution in [0.2, 0.25) is 0 Å². The number of benzene rings is 1. The van der Waals surface area contributed by atoms with Crippen LogP contribution in [0.4, 0.5) is 0 Å². The van der Waals surface area contributed by atoms with Gasteiger partial charge in [-0.15, -0.1) is 0 Å². The lowest BCUT2D eigenvalue weighted by atomic mass is 9.95. The minimum Gasteiger partial charge on any atom is -0.463 e. The molecule has 0 amide bonds. The van der Waals surface area contributed by atoms with Gasteiger partial charge in [-0.2, -0.15) is 5.26 Å². The van der Waals surface area contributed by atoms with Crippen LogP contribution >= 0.6 is 0 Å². The highest BCUT2D eigenvalue weighted by atomic mass is 16.5. The highest BCUT2D eigenvalue weighted by Gasteiger charge is 2.16. The molecule has 0 aliphatic heterocycles. The van der Waals surface area contributed by atoms with Crippen LogP contribution in [0.15, 0.2) is 30.3 Å². The van der Waals surface area contributed by atoms with Crippen molar-refractivity contribution >= 4 is 5.97 Å². The Kier molecular flexibility index (Phi) is 4.53. The van der Waals surface area contributed by atoms with Crippen LogP contribution in [0.3, 0.4) is 0 Å². The maximum Gasteiger partial charge on any atom is 0.302 e. The lowest BCUT2D eigenvalue weighted by molar-refractivity contribution is -0.145. The minimum absolute atomic E-state index is 0.226. The Labute approximate surface area is 95.7 Å². The summed E-state index contributed by atoms with van der Waals surface area (Å²) in [6, 6.07) is 11.8. The Morgan fingerprint density at radius 2 is 2.06 bits per heavy atom. The molecule has 84 valence electrons. The van der Waals surface area contributed by atoms with Crippen LogP contribution in [-0.4, -0.2) is 12.1 Å². The summed E-state index contributed by atoms with van der Waals surface area (Å²) in [7, 11) is 0. The molecule has 16 heavy (non-hydrogen) atoms. The zero-order valence-electron chi connectivity index (χ0n) is 9.51. The van der Waals surface area contributed by atoms with Gasteiger partial charge in [-0.05, 0) is 12.5 Å². The fraction of sp³-hybridized carbons (Fsp3) is 0.385. The summed E-state index contributed by atoms with van der Waals surface area (Å²) in [4.78, 5) is 10.8. The van der Waals surface area contributed by atoms with E-state index in [1.54, 1.807) is 6.92 Å². The number of hydrogen-bond acceptors (Lipinski definition) is 3. The van der Waals surface area contributed by atoms with Crippen molar-refractivity contribution in [3.8, 4) is 6.07 Å². The molecular formula is C13H15NO2. The van der Waals surface area contributed by atoms with E-state index in [0.717, 1.165) is 5.56 Å². The molecule has 2 unspecified atom stereocenters. The van der Waals surface area contributed by atoms with Gasteiger partial charge in [0.2, 0.25) is 0 Å². The molecule has 0 fully saturated rings. The first-order valence-electron chi connectivity index (χ1n) is 5.25. The summed E-state index contributed by atoms with van der Waals surface area (Å²) in [5.74, 6) is -0.534. The lowest BCUT2D eigenvalue weighted by Gasteiger charge is -2.15. The third-order valence-corrected chi connectivity index (χ3v) is 2.29. The van der Waals surface area contributed by atoms with Gasteiger partial charge in [0, 0.05) is 13.3 Å². The van der Waals surface area contributed by atoms with E-state index in [-0.39, 0.29) is 18.0 Å². The van der Waals surface area contributed by atoms with E-state index >= 15 is 0 Å². The second-order valence-corrected chi connectivity index (χ2v) is 3.75. The Morgan fingerprint density at radius 3 is 2.56 bits per heavy atom. The Bertz CT molecular complexity index is 381. The van der Waals surface area contributed by atoms with Gasteiger partial charge in [-0.25, -0.2) is 0 Å². The molecule has 0 spiro atoms. The molecule has 0 radical (unpaired) electrons. The number of esters is 1. The van der Waals surface area contributed by atoms with Gasteiger partial charge in [-0.3, -0.25) is 4.79 Å². The van der Waals surface area contributed by atoms with E-state index in [1.807, 2.05) is 30.3 Å². The van der Waals surface area contributed by atoms with Crippen molar-refractivity contribution in [2.24, 2.45) is 0 Å². The molecule has 3 nitrogen and oxygen atoms in total. The molecular weight excluding hydrogens is 202 g/mol. The number of nitriles is 1. The summed E-state index contributed by atoms with van der Waals surface area (Å²) in [6.07, 6.45) is 0.294. The number of hydrogen-bond donors (Lipinski definition) is 0. The standard InChI is InChI=1S/C13H15NO2/c1-10(16-11(2)15)8-13(9-14)12-6-4-3-5-7-12/h3-7,10,13H,8H2,1-2H3. The largest absolute Gasteiger partial charge is 0.463 e. The van der Waals surface area contributed by atoms with Gasteiger partial charge in [0.05, 0.1) is 12.0 Å². The second-order valence-electron chi connectivity index (χ2n) is 3.75. The zero-order chi connectivity index (χ0) is 12.0. The predicted octanol–water partition coefficient (Wildman–Crippen LogP) is 2.64. The minimum atomic E-state index is -0.308. The van der Waals surface area contributed by atoms with Crippen molar-refractivity contribution in [1.29, 1.82) is 5.26 Å². The molecule has 0 aliphatic rings. The van der Waals surface area contributed by atoms with Gasteiger partial charge in [0.25, 0.3) is 0 Å². The maximum atomic E-state index is 10.8. The normalized spacial score (nSPS) is 13.6. The third-order valence-electron chi connectivity index (χ3n) is 2.29. The maximum absolute atomic E-state index is 10.8. The fourth-order valence-electron chi connectivity index (χ4n) is 1.61.